The molecule has 12 heavy (non-hydrogen) atoms. The zero-order valence-corrected chi connectivity index (χ0v) is 6.84. The molecular weight excluding hydrogens is 156 g/mol. The van der Waals surface area contributed by atoms with Crippen LogP contribution in [0.25, 0.3) is 0 Å². The third-order valence-electron chi connectivity index (χ3n) is 1.30. The van der Waals surface area contributed by atoms with Crippen LogP contribution < -0.4 is 5.63 Å². The zero-order chi connectivity index (χ0) is 9.14. The molecule has 3 heteroatoms. The van der Waals surface area contributed by atoms with Crippen LogP contribution in [-0.2, 0) is 0 Å². The van der Waals surface area contributed by atoms with Gasteiger partial charge in [0.1, 0.15) is 11.5 Å². The molecule has 0 atom stereocenters. The normalized spacial score (nSPS) is 8.83. The lowest BCUT2D eigenvalue weighted by molar-refractivity contribution is 0.432. The number of hydrogen-bond donors (Lipinski definition) is 1. The minimum atomic E-state index is -0.596. The van der Waals surface area contributed by atoms with E-state index in [0.717, 1.165) is 0 Å². The molecule has 1 aromatic heterocycles. The van der Waals surface area contributed by atoms with Crippen molar-refractivity contribution in [3.63, 3.8) is 0 Å². The van der Waals surface area contributed by atoms with Gasteiger partial charge in [-0.15, -0.1) is 5.92 Å². The van der Waals surface area contributed by atoms with E-state index in [0.29, 0.717) is 5.76 Å². The van der Waals surface area contributed by atoms with Gasteiger partial charge < -0.3 is 9.52 Å². The fraction of sp³-hybridized carbons (Fsp3) is 0.222. The quantitative estimate of drug-likeness (QED) is 0.582. The highest BCUT2D eigenvalue weighted by Gasteiger charge is 2.05. The molecule has 1 N–H and O–H groups in total. The van der Waals surface area contributed by atoms with Gasteiger partial charge in [-0.25, -0.2) is 4.79 Å². The molecule has 0 aliphatic rings. The first kappa shape index (κ1) is 8.41. The molecule has 3 nitrogen and oxygen atoms in total. The van der Waals surface area contributed by atoms with Crippen LogP contribution in [0.1, 0.15) is 18.2 Å². The van der Waals surface area contributed by atoms with Crippen LogP contribution in [0.2, 0.25) is 0 Å². The Kier molecular flexibility index (Phi) is 2.20. The van der Waals surface area contributed by atoms with Crippen LogP contribution in [0.4, 0.5) is 0 Å². The molecule has 0 unspecified atom stereocenters. The average molecular weight is 164 g/mol. The van der Waals surface area contributed by atoms with E-state index in [1.807, 2.05) is 0 Å². The molecule has 1 rings (SSSR count). The van der Waals surface area contributed by atoms with Gasteiger partial charge in [0.25, 0.3) is 0 Å². The Balaban J connectivity index is 3.45. The van der Waals surface area contributed by atoms with Crippen molar-refractivity contribution < 1.29 is 9.52 Å². The summed E-state index contributed by atoms with van der Waals surface area (Å²) in [4.78, 5) is 11.0. The second-order valence-electron chi connectivity index (χ2n) is 2.28. The molecule has 0 spiro atoms. The predicted octanol–water partition coefficient (Wildman–Crippen LogP) is 1.03. The highest BCUT2D eigenvalue weighted by atomic mass is 16.4. The molecule has 0 fully saturated rings. The highest BCUT2D eigenvalue weighted by Crippen LogP contribution is 2.12. The summed E-state index contributed by atoms with van der Waals surface area (Å²) in [6.45, 7) is 3.17. The molecule has 0 saturated carbocycles. The molecular formula is C9H8O3. The minimum absolute atomic E-state index is 0.0168. The Morgan fingerprint density at radius 2 is 2.25 bits per heavy atom. The highest BCUT2D eigenvalue weighted by molar-refractivity contribution is 5.42. The van der Waals surface area contributed by atoms with E-state index in [2.05, 4.69) is 11.8 Å². The molecule has 0 radical (unpaired) electrons. The number of rotatable bonds is 0. The van der Waals surface area contributed by atoms with Crippen molar-refractivity contribution in [1.29, 1.82) is 0 Å². The molecule has 1 heterocycles. The fourth-order valence-electron chi connectivity index (χ4n) is 0.836. The van der Waals surface area contributed by atoms with E-state index in [1.165, 1.54) is 6.07 Å². The van der Waals surface area contributed by atoms with Gasteiger partial charge in [-0.1, -0.05) is 5.92 Å². The SMILES string of the molecule is CC#Cc1c(O)cc(C)oc1=O. The largest absolute Gasteiger partial charge is 0.506 e. The molecule has 0 aliphatic heterocycles. The molecule has 0 saturated heterocycles. The van der Waals surface area contributed by atoms with Gasteiger partial charge in [0.05, 0.1) is 0 Å². The van der Waals surface area contributed by atoms with E-state index in [-0.39, 0.29) is 11.3 Å². The van der Waals surface area contributed by atoms with Gasteiger partial charge in [-0.3, -0.25) is 0 Å². The monoisotopic (exact) mass is 164 g/mol. The van der Waals surface area contributed by atoms with Crippen molar-refractivity contribution in [2.24, 2.45) is 0 Å². The van der Waals surface area contributed by atoms with Crippen molar-refractivity contribution in [2.45, 2.75) is 13.8 Å². The smallest absolute Gasteiger partial charge is 0.355 e. The van der Waals surface area contributed by atoms with E-state index in [1.54, 1.807) is 13.8 Å². The van der Waals surface area contributed by atoms with Crippen molar-refractivity contribution >= 4 is 0 Å². The molecule has 0 amide bonds. The van der Waals surface area contributed by atoms with Crippen molar-refractivity contribution in [1.82, 2.24) is 0 Å². The summed E-state index contributed by atoms with van der Waals surface area (Å²) in [5.74, 6) is 5.23. The summed E-state index contributed by atoms with van der Waals surface area (Å²) in [6, 6.07) is 1.36. The van der Waals surface area contributed by atoms with E-state index in [4.69, 9.17) is 4.42 Å². The van der Waals surface area contributed by atoms with Crippen molar-refractivity contribution in [2.75, 3.05) is 0 Å². The summed E-state index contributed by atoms with van der Waals surface area (Å²) in [6.07, 6.45) is 0. The summed E-state index contributed by atoms with van der Waals surface area (Å²) in [5.41, 5.74) is -0.579. The van der Waals surface area contributed by atoms with Gasteiger partial charge in [0.2, 0.25) is 0 Å². The van der Waals surface area contributed by atoms with Gasteiger partial charge in [0, 0.05) is 6.07 Å². The average Bonchev–Trinajstić information content (AvgIpc) is 1.96. The second kappa shape index (κ2) is 3.14. The van der Waals surface area contributed by atoms with Gasteiger partial charge >= 0.3 is 5.63 Å². The van der Waals surface area contributed by atoms with Gasteiger partial charge in [-0.05, 0) is 13.8 Å². The Morgan fingerprint density at radius 1 is 1.58 bits per heavy atom. The predicted molar refractivity (Wildman–Crippen MR) is 43.9 cm³/mol. The van der Waals surface area contributed by atoms with E-state index < -0.39 is 5.63 Å². The third kappa shape index (κ3) is 1.48. The molecule has 0 aliphatic carbocycles. The van der Waals surface area contributed by atoms with E-state index >= 15 is 0 Å². The van der Waals surface area contributed by atoms with Crippen LogP contribution in [0.15, 0.2) is 15.3 Å². The van der Waals surface area contributed by atoms with Crippen molar-refractivity contribution in [3.8, 4) is 17.6 Å². The lowest BCUT2D eigenvalue weighted by Crippen LogP contribution is -2.04. The lowest BCUT2D eigenvalue weighted by Gasteiger charge is -1.95. The summed E-state index contributed by atoms with van der Waals surface area (Å²) in [7, 11) is 0. The topological polar surface area (TPSA) is 50.4 Å². The first-order valence-electron chi connectivity index (χ1n) is 3.41. The van der Waals surface area contributed by atoms with Crippen LogP contribution in [0, 0.1) is 18.8 Å². The maximum absolute atomic E-state index is 11.0. The fourth-order valence-corrected chi connectivity index (χ4v) is 0.836. The number of aromatic hydroxyl groups is 1. The Labute approximate surface area is 69.7 Å². The number of aryl methyl sites for hydroxylation is 1. The molecule has 1 aromatic rings. The van der Waals surface area contributed by atoms with Crippen LogP contribution in [0.5, 0.6) is 5.75 Å². The molecule has 0 bridgehead atoms. The Morgan fingerprint density at radius 3 is 2.75 bits per heavy atom. The second-order valence-corrected chi connectivity index (χ2v) is 2.28. The molecule has 0 aromatic carbocycles. The summed E-state index contributed by atoms with van der Waals surface area (Å²) >= 11 is 0. The van der Waals surface area contributed by atoms with Crippen molar-refractivity contribution in [3.05, 3.63) is 27.8 Å². The summed E-state index contributed by atoms with van der Waals surface area (Å²) in [5, 5.41) is 9.24. The minimum Gasteiger partial charge on any atom is -0.506 e. The van der Waals surface area contributed by atoms with Gasteiger partial charge in [-0.2, -0.15) is 0 Å². The van der Waals surface area contributed by atoms with E-state index in [9.17, 15) is 9.90 Å². The lowest BCUT2D eigenvalue weighted by atomic mass is 10.2. The van der Waals surface area contributed by atoms with Gasteiger partial charge in [0.15, 0.2) is 5.56 Å². The first-order valence-corrected chi connectivity index (χ1v) is 3.41. The summed E-state index contributed by atoms with van der Waals surface area (Å²) < 4.78 is 4.72. The maximum Gasteiger partial charge on any atom is 0.355 e. The van der Waals surface area contributed by atoms with Crippen LogP contribution in [0.3, 0.4) is 0 Å². The van der Waals surface area contributed by atoms with Crippen LogP contribution >= 0.6 is 0 Å². The van der Waals surface area contributed by atoms with Crippen LogP contribution in [-0.4, -0.2) is 5.11 Å². The maximum atomic E-state index is 11.0. The zero-order valence-electron chi connectivity index (χ0n) is 6.84. The Bertz CT molecular complexity index is 404. The molecule has 62 valence electrons. The third-order valence-corrected chi connectivity index (χ3v) is 1.30. The number of hydrogen-bond acceptors (Lipinski definition) is 3. The first-order chi connectivity index (χ1) is 5.65. The standard InChI is InChI=1S/C9H8O3/c1-3-4-7-8(10)5-6(2)12-9(7)11/h5,10H,1-2H3. The Hall–Kier alpha value is -1.69.